The van der Waals surface area contributed by atoms with Crippen molar-refractivity contribution in [2.75, 3.05) is 12.4 Å². The molecule has 0 heterocycles. The first-order chi connectivity index (χ1) is 7.27. The Hall–Kier alpha value is 0.200. The minimum absolute atomic E-state index is 0.0422. The first kappa shape index (κ1) is 16.2. The van der Waals surface area contributed by atoms with Crippen molar-refractivity contribution >= 4 is 19.7 Å². The van der Waals surface area contributed by atoms with Gasteiger partial charge in [-0.3, -0.25) is 0 Å². The van der Waals surface area contributed by atoms with Crippen molar-refractivity contribution in [1.82, 2.24) is 0 Å². The molecule has 0 N–H and O–H groups in total. The summed E-state index contributed by atoms with van der Waals surface area (Å²) in [5.74, 6) is 0.0792. The van der Waals surface area contributed by atoms with Gasteiger partial charge in [0.25, 0.3) is 0 Å². The Bertz CT molecular complexity index is 273. The maximum Gasteiger partial charge on any atom is 0.232 e. The molecule has 0 amide bonds. The number of unbranched alkanes of at least 4 members (excludes halogenated alkanes) is 3. The zero-order chi connectivity index (χ0) is 12.7. The molecule has 0 rings (SSSR count). The third-order valence-electron chi connectivity index (χ3n) is 2.63. The highest BCUT2D eigenvalue weighted by molar-refractivity contribution is 8.13. The van der Waals surface area contributed by atoms with Crippen LogP contribution < -0.4 is 0 Å². The molecule has 0 saturated carbocycles. The van der Waals surface area contributed by atoms with Gasteiger partial charge < -0.3 is 4.74 Å². The van der Waals surface area contributed by atoms with Crippen LogP contribution in [0.3, 0.4) is 0 Å². The van der Waals surface area contributed by atoms with E-state index >= 15 is 0 Å². The molecule has 5 heteroatoms. The predicted molar refractivity (Wildman–Crippen MR) is 68.4 cm³/mol. The fourth-order valence-electron chi connectivity index (χ4n) is 1.18. The maximum atomic E-state index is 10.6. The van der Waals surface area contributed by atoms with Crippen LogP contribution in [0.5, 0.6) is 0 Å². The van der Waals surface area contributed by atoms with Gasteiger partial charge in [0.15, 0.2) is 0 Å². The standard InChI is InChI=1S/C11H23ClO3S/c1-4-11(2,3)15-9-7-5-6-8-10-16(12,13)14/h4-10H2,1-3H3. The van der Waals surface area contributed by atoms with Gasteiger partial charge in [-0.15, -0.1) is 0 Å². The second-order valence-electron chi connectivity index (χ2n) is 4.62. The summed E-state index contributed by atoms with van der Waals surface area (Å²) in [5.41, 5.74) is -0.0422. The van der Waals surface area contributed by atoms with E-state index in [-0.39, 0.29) is 11.4 Å². The lowest BCUT2D eigenvalue weighted by Crippen LogP contribution is -2.23. The summed E-state index contributed by atoms with van der Waals surface area (Å²) in [4.78, 5) is 0. The van der Waals surface area contributed by atoms with Gasteiger partial charge in [0.2, 0.25) is 9.05 Å². The van der Waals surface area contributed by atoms with Crippen molar-refractivity contribution in [2.45, 2.75) is 58.5 Å². The van der Waals surface area contributed by atoms with E-state index < -0.39 is 9.05 Å². The largest absolute Gasteiger partial charge is 0.376 e. The van der Waals surface area contributed by atoms with Crippen LogP contribution in [0.2, 0.25) is 0 Å². The first-order valence-electron chi connectivity index (χ1n) is 5.83. The predicted octanol–water partition coefficient (Wildman–Crippen LogP) is 3.32. The first-order valence-corrected chi connectivity index (χ1v) is 8.31. The number of hydrogen-bond donors (Lipinski definition) is 0. The molecule has 16 heavy (non-hydrogen) atoms. The Morgan fingerprint density at radius 1 is 1.12 bits per heavy atom. The fraction of sp³-hybridized carbons (Fsp3) is 1.00. The quantitative estimate of drug-likeness (QED) is 0.477. The Morgan fingerprint density at radius 3 is 2.19 bits per heavy atom. The molecular weight excluding hydrogens is 248 g/mol. The SMILES string of the molecule is CCC(C)(C)OCCCCCCS(=O)(=O)Cl. The van der Waals surface area contributed by atoms with E-state index in [1.807, 2.05) is 0 Å². The van der Waals surface area contributed by atoms with E-state index in [9.17, 15) is 8.42 Å². The second-order valence-corrected chi connectivity index (χ2v) is 7.52. The molecule has 0 aliphatic heterocycles. The van der Waals surface area contributed by atoms with Crippen LogP contribution >= 0.6 is 10.7 Å². The highest BCUT2D eigenvalue weighted by atomic mass is 35.7. The van der Waals surface area contributed by atoms with Crippen molar-refractivity contribution < 1.29 is 13.2 Å². The molecular formula is C11H23ClO3S. The summed E-state index contributed by atoms with van der Waals surface area (Å²) in [5, 5.41) is 0. The summed E-state index contributed by atoms with van der Waals surface area (Å²) < 4.78 is 26.9. The van der Waals surface area contributed by atoms with E-state index in [1.165, 1.54) is 0 Å². The van der Waals surface area contributed by atoms with E-state index in [0.717, 1.165) is 32.3 Å². The molecule has 0 saturated heterocycles. The molecule has 0 aromatic rings. The third kappa shape index (κ3) is 10.7. The Kier molecular flexibility index (Phi) is 7.61. The van der Waals surface area contributed by atoms with Crippen LogP contribution in [0.15, 0.2) is 0 Å². The summed E-state index contributed by atoms with van der Waals surface area (Å²) in [7, 11) is 1.80. The van der Waals surface area contributed by atoms with Gasteiger partial charge in [-0.1, -0.05) is 19.8 Å². The van der Waals surface area contributed by atoms with Crippen molar-refractivity contribution in [3.05, 3.63) is 0 Å². The molecule has 0 aliphatic rings. The Labute approximate surface area is 104 Å². The average molecular weight is 271 g/mol. The Balaban J connectivity index is 3.35. The molecule has 0 aromatic heterocycles. The molecule has 0 atom stereocenters. The molecule has 0 bridgehead atoms. The van der Waals surface area contributed by atoms with Crippen molar-refractivity contribution in [3.8, 4) is 0 Å². The lowest BCUT2D eigenvalue weighted by molar-refractivity contribution is -0.0216. The van der Waals surface area contributed by atoms with E-state index in [1.54, 1.807) is 0 Å². The monoisotopic (exact) mass is 270 g/mol. The Morgan fingerprint density at radius 2 is 1.69 bits per heavy atom. The van der Waals surface area contributed by atoms with Gasteiger partial charge in [0.05, 0.1) is 11.4 Å². The zero-order valence-corrected chi connectivity index (χ0v) is 12.0. The lowest BCUT2D eigenvalue weighted by Gasteiger charge is -2.23. The summed E-state index contributed by atoms with van der Waals surface area (Å²) in [6.45, 7) is 7.00. The lowest BCUT2D eigenvalue weighted by atomic mass is 10.1. The van der Waals surface area contributed by atoms with Gasteiger partial charge in [-0.05, 0) is 33.1 Å². The minimum atomic E-state index is -3.30. The molecule has 0 spiro atoms. The van der Waals surface area contributed by atoms with Gasteiger partial charge in [-0.2, -0.15) is 0 Å². The highest BCUT2D eigenvalue weighted by Crippen LogP contribution is 2.14. The van der Waals surface area contributed by atoms with E-state index in [4.69, 9.17) is 15.4 Å². The van der Waals surface area contributed by atoms with Crippen molar-refractivity contribution in [2.24, 2.45) is 0 Å². The van der Waals surface area contributed by atoms with Crippen molar-refractivity contribution in [3.63, 3.8) is 0 Å². The van der Waals surface area contributed by atoms with Crippen LogP contribution in [-0.2, 0) is 13.8 Å². The molecule has 0 fully saturated rings. The molecule has 3 nitrogen and oxygen atoms in total. The smallest absolute Gasteiger partial charge is 0.232 e. The van der Waals surface area contributed by atoms with Gasteiger partial charge in [0.1, 0.15) is 0 Å². The third-order valence-corrected chi connectivity index (χ3v) is 3.87. The van der Waals surface area contributed by atoms with Crippen LogP contribution in [0.4, 0.5) is 0 Å². The average Bonchev–Trinajstić information content (AvgIpc) is 2.14. The topological polar surface area (TPSA) is 43.4 Å². The van der Waals surface area contributed by atoms with Crippen LogP contribution in [0, 0.1) is 0 Å². The molecule has 98 valence electrons. The number of ether oxygens (including phenoxy) is 1. The number of rotatable bonds is 9. The zero-order valence-electron chi connectivity index (χ0n) is 10.5. The number of halogens is 1. The summed E-state index contributed by atoms with van der Waals surface area (Å²) >= 11 is 0. The van der Waals surface area contributed by atoms with Gasteiger partial charge >= 0.3 is 0 Å². The molecule has 0 unspecified atom stereocenters. The minimum Gasteiger partial charge on any atom is -0.376 e. The fourth-order valence-corrected chi connectivity index (χ4v) is 2.06. The second kappa shape index (κ2) is 7.51. The normalized spacial score (nSPS) is 13.0. The van der Waals surface area contributed by atoms with Crippen LogP contribution in [-0.4, -0.2) is 26.4 Å². The van der Waals surface area contributed by atoms with E-state index in [0.29, 0.717) is 6.42 Å². The molecule has 0 aliphatic carbocycles. The molecule has 0 aromatic carbocycles. The molecule has 0 radical (unpaired) electrons. The van der Waals surface area contributed by atoms with Gasteiger partial charge in [0, 0.05) is 17.3 Å². The maximum absolute atomic E-state index is 10.6. The van der Waals surface area contributed by atoms with Gasteiger partial charge in [-0.25, -0.2) is 8.42 Å². The van der Waals surface area contributed by atoms with E-state index in [2.05, 4.69) is 20.8 Å². The summed E-state index contributed by atoms with van der Waals surface area (Å²) in [6.07, 6.45) is 4.50. The van der Waals surface area contributed by atoms with Crippen molar-refractivity contribution in [1.29, 1.82) is 0 Å². The highest BCUT2D eigenvalue weighted by Gasteiger charge is 2.14. The van der Waals surface area contributed by atoms with Crippen LogP contribution in [0.1, 0.15) is 52.9 Å². The van der Waals surface area contributed by atoms with Crippen LogP contribution in [0.25, 0.3) is 0 Å². The summed E-state index contributed by atoms with van der Waals surface area (Å²) in [6, 6.07) is 0. The number of hydrogen-bond acceptors (Lipinski definition) is 3.